The highest BCUT2D eigenvalue weighted by atomic mass is 32.1. The Labute approximate surface area is 196 Å². The van der Waals surface area contributed by atoms with Gasteiger partial charge in [-0.05, 0) is 40.8 Å². The number of carbonyl (C=O) groups is 2. The molecule has 0 aliphatic heterocycles. The predicted octanol–water partition coefficient (Wildman–Crippen LogP) is 5.52. The third kappa shape index (κ3) is 5.73. The number of hydrogen-bond acceptors (Lipinski definition) is 3. The Hall–Kier alpha value is -3.77. The molecule has 0 saturated carbocycles. The van der Waals surface area contributed by atoms with E-state index in [0.29, 0.717) is 17.8 Å². The summed E-state index contributed by atoms with van der Waals surface area (Å²) in [5.74, 6) is -1.10. The molecule has 1 N–H and O–H groups in total. The lowest BCUT2D eigenvalue weighted by Gasteiger charge is -2.31. The van der Waals surface area contributed by atoms with Gasteiger partial charge >= 0.3 is 0 Å². The molecule has 0 aliphatic carbocycles. The van der Waals surface area contributed by atoms with Crippen molar-refractivity contribution in [1.82, 2.24) is 5.32 Å². The maximum atomic E-state index is 14.2. The van der Waals surface area contributed by atoms with E-state index in [9.17, 15) is 14.0 Å². The Morgan fingerprint density at radius 1 is 0.879 bits per heavy atom. The summed E-state index contributed by atoms with van der Waals surface area (Å²) in [6, 6.07) is 27.2. The van der Waals surface area contributed by atoms with Crippen molar-refractivity contribution in [2.45, 2.75) is 19.0 Å². The molecule has 0 bridgehead atoms. The molecule has 4 rings (SSSR count). The molecular formula is C27H23FN2O2S. The van der Waals surface area contributed by atoms with Gasteiger partial charge in [0.15, 0.2) is 0 Å². The highest BCUT2D eigenvalue weighted by Gasteiger charge is 2.33. The largest absolute Gasteiger partial charge is 0.350 e. The lowest BCUT2D eigenvalue weighted by atomic mass is 10.0. The summed E-state index contributed by atoms with van der Waals surface area (Å²) in [5.41, 5.74) is 1.92. The van der Waals surface area contributed by atoms with E-state index in [1.807, 2.05) is 66.0 Å². The number of thiophene rings is 1. The average Bonchev–Trinajstić information content (AvgIpc) is 3.35. The number of rotatable bonds is 8. The van der Waals surface area contributed by atoms with Crippen molar-refractivity contribution in [3.63, 3.8) is 0 Å². The van der Waals surface area contributed by atoms with Gasteiger partial charge in [-0.2, -0.15) is 0 Å². The highest BCUT2D eigenvalue weighted by molar-refractivity contribution is 7.10. The molecule has 0 saturated heterocycles. The summed E-state index contributed by atoms with van der Waals surface area (Å²) >= 11 is 1.47. The quantitative estimate of drug-likeness (QED) is 0.378. The number of anilines is 1. The van der Waals surface area contributed by atoms with Gasteiger partial charge < -0.3 is 5.32 Å². The third-order valence-corrected chi connectivity index (χ3v) is 6.07. The molecule has 33 heavy (non-hydrogen) atoms. The molecule has 2 amide bonds. The average molecular weight is 459 g/mol. The zero-order valence-electron chi connectivity index (χ0n) is 17.9. The first-order valence-corrected chi connectivity index (χ1v) is 11.5. The molecular weight excluding hydrogens is 435 g/mol. The van der Waals surface area contributed by atoms with Crippen LogP contribution in [-0.4, -0.2) is 11.8 Å². The van der Waals surface area contributed by atoms with Crippen molar-refractivity contribution in [2.24, 2.45) is 0 Å². The molecule has 3 aromatic carbocycles. The molecule has 1 aromatic heterocycles. The van der Waals surface area contributed by atoms with Crippen molar-refractivity contribution < 1.29 is 14.0 Å². The summed E-state index contributed by atoms with van der Waals surface area (Å²) in [5, 5.41) is 4.85. The van der Waals surface area contributed by atoms with Gasteiger partial charge in [0.2, 0.25) is 11.8 Å². The second-order valence-electron chi connectivity index (χ2n) is 7.52. The van der Waals surface area contributed by atoms with Crippen LogP contribution in [0.25, 0.3) is 0 Å². The first kappa shape index (κ1) is 22.4. The van der Waals surface area contributed by atoms with Gasteiger partial charge in [-0.25, -0.2) is 4.39 Å². The van der Waals surface area contributed by atoms with Crippen LogP contribution in [0.3, 0.4) is 0 Å². The van der Waals surface area contributed by atoms with Gasteiger partial charge in [0.05, 0.1) is 6.42 Å². The van der Waals surface area contributed by atoms with E-state index in [1.54, 1.807) is 24.3 Å². The fourth-order valence-electron chi connectivity index (χ4n) is 3.65. The molecule has 1 heterocycles. The molecule has 4 aromatic rings. The zero-order valence-corrected chi connectivity index (χ0v) is 18.7. The van der Waals surface area contributed by atoms with Crippen LogP contribution in [0.1, 0.15) is 22.0 Å². The molecule has 0 spiro atoms. The molecule has 1 atom stereocenters. The predicted molar refractivity (Wildman–Crippen MR) is 129 cm³/mol. The number of nitrogens with one attached hydrogen (secondary N) is 1. The number of amides is 2. The van der Waals surface area contributed by atoms with Crippen molar-refractivity contribution in [3.8, 4) is 0 Å². The van der Waals surface area contributed by atoms with Crippen molar-refractivity contribution in [2.75, 3.05) is 4.90 Å². The fraction of sp³-hybridized carbons (Fsp3) is 0.111. The summed E-state index contributed by atoms with van der Waals surface area (Å²) < 4.78 is 14.2. The van der Waals surface area contributed by atoms with Crippen molar-refractivity contribution in [3.05, 3.63) is 124 Å². The highest BCUT2D eigenvalue weighted by Crippen LogP contribution is 2.30. The lowest BCUT2D eigenvalue weighted by molar-refractivity contribution is -0.126. The fourth-order valence-corrected chi connectivity index (χ4v) is 4.34. The Kier molecular flexibility index (Phi) is 7.27. The van der Waals surface area contributed by atoms with Crippen LogP contribution >= 0.6 is 11.3 Å². The maximum absolute atomic E-state index is 14.2. The first-order valence-electron chi connectivity index (χ1n) is 10.6. The van der Waals surface area contributed by atoms with Crippen LogP contribution in [0, 0.1) is 5.82 Å². The maximum Gasteiger partial charge on any atom is 0.248 e. The number of hydrogen-bond donors (Lipinski definition) is 1. The molecule has 0 fully saturated rings. The first-order chi connectivity index (χ1) is 16.1. The van der Waals surface area contributed by atoms with Crippen LogP contribution in [0.15, 0.2) is 102 Å². The Morgan fingerprint density at radius 2 is 1.61 bits per heavy atom. The minimum absolute atomic E-state index is 0.115. The second-order valence-corrected chi connectivity index (χ2v) is 8.55. The Bertz CT molecular complexity index is 1200. The molecule has 0 aliphatic rings. The van der Waals surface area contributed by atoms with E-state index in [1.165, 1.54) is 28.4 Å². The minimum Gasteiger partial charge on any atom is -0.350 e. The van der Waals surface area contributed by atoms with Gasteiger partial charge in [-0.3, -0.25) is 14.5 Å². The monoisotopic (exact) mass is 458 g/mol. The van der Waals surface area contributed by atoms with Gasteiger partial charge in [0, 0.05) is 17.1 Å². The van der Waals surface area contributed by atoms with Crippen LogP contribution < -0.4 is 10.2 Å². The number of nitrogens with zero attached hydrogens (tertiary/aromatic N) is 1. The summed E-state index contributed by atoms with van der Waals surface area (Å²) in [7, 11) is 0. The van der Waals surface area contributed by atoms with Gasteiger partial charge in [0.1, 0.15) is 11.9 Å². The smallest absolute Gasteiger partial charge is 0.248 e. The third-order valence-electron chi connectivity index (χ3n) is 5.19. The topological polar surface area (TPSA) is 49.4 Å². The van der Waals surface area contributed by atoms with E-state index < -0.39 is 11.9 Å². The Balaban J connectivity index is 1.72. The summed E-state index contributed by atoms with van der Waals surface area (Å²) in [6.45, 7) is 0.319. The summed E-state index contributed by atoms with van der Waals surface area (Å²) in [6.07, 6.45) is 0.115. The van der Waals surface area contributed by atoms with Crippen molar-refractivity contribution >= 4 is 28.8 Å². The molecule has 166 valence electrons. The molecule has 6 heteroatoms. The van der Waals surface area contributed by atoms with Crippen LogP contribution in [0.4, 0.5) is 10.1 Å². The SMILES string of the molecule is O=C(NCc1ccccc1)[C@H](c1ccccc1)N(C(=O)Cc1cccs1)c1cccc(F)c1. The van der Waals surface area contributed by atoms with Gasteiger partial charge in [-0.15, -0.1) is 11.3 Å². The molecule has 0 unspecified atom stereocenters. The second kappa shape index (κ2) is 10.7. The molecule has 4 nitrogen and oxygen atoms in total. The van der Waals surface area contributed by atoms with E-state index >= 15 is 0 Å². The van der Waals surface area contributed by atoms with E-state index in [4.69, 9.17) is 0 Å². The van der Waals surface area contributed by atoms with E-state index in [0.717, 1.165) is 10.4 Å². The van der Waals surface area contributed by atoms with Crippen LogP contribution in [0.5, 0.6) is 0 Å². The van der Waals surface area contributed by atoms with Gasteiger partial charge in [0.25, 0.3) is 0 Å². The van der Waals surface area contributed by atoms with E-state index in [-0.39, 0.29) is 18.2 Å². The normalized spacial score (nSPS) is 11.5. The zero-order chi connectivity index (χ0) is 23.0. The van der Waals surface area contributed by atoms with Gasteiger partial charge in [-0.1, -0.05) is 72.8 Å². The number of benzene rings is 3. The lowest BCUT2D eigenvalue weighted by Crippen LogP contribution is -2.44. The number of carbonyl (C=O) groups excluding carboxylic acids is 2. The van der Waals surface area contributed by atoms with Crippen LogP contribution in [0.2, 0.25) is 0 Å². The number of halogens is 1. The van der Waals surface area contributed by atoms with Crippen molar-refractivity contribution in [1.29, 1.82) is 0 Å². The Morgan fingerprint density at radius 3 is 2.27 bits per heavy atom. The minimum atomic E-state index is -0.954. The van der Waals surface area contributed by atoms with E-state index in [2.05, 4.69) is 5.32 Å². The van der Waals surface area contributed by atoms with Crippen LogP contribution in [-0.2, 0) is 22.6 Å². The standard InChI is InChI=1S/C27H23FN2O2S/c28-22-13-7-14-23(17-22)30(25(31)18-24-15-8-16-33-24)26(21-11-5-2-6-12-21)27(32)29-19-20-9-3-1-4-10-20/h1-17,26H,18-19H2,(H,29,32)/t26-/m0/s1. The molecule has 0 radical (unpaired) electrons. The summed E-state index contributed by atoms with van der Waals surface area (Å²) in [4.78, 5) is 29.3.